The second-order valence-corrected chi connectivity index (χ2v) is 6.94. The molecule has 0 atom stereocenters. The zero-order valence-corrected chi connectivity index (χ0v) is 15.1. The average Bonchev–Trinajstić information content (AvgIpc) is 2.54. The van der Waals surface area contributed by atoms with Crippen LogP contribution >= 0.6 is 15.9 Å². The maximum Gasteiger partial charge on any atom is 0.255 e. The first-order valence-corrected chi connectivity index (χ1v) is 8.76. The van der Waals surface area contributed by atoms with Gasteiger partial charge in [0, 0.05) is 28.8 Å². The third-order valence-electron chi connectivity index (χ3n) is 4.36. The van der Waals surface area contributed by atoms with E-state index < -0.39 is 0 Å². The number of nitrogens with one attached hydrogen (secondary N) is 1. The number of hydrogen-bond donors (Lipinski definition) is 1. The number of amides is 1. The minimum Gasteiger partial charge on any atom is -0.322 e. The van der Waals surface area contributed by atoms with Crippen LogP contribution in [0.3, 0.4) is 0 Å². The molecular weight excluding hydrogens is 352 g/mol. The van der Waals surface area contributed by atoms with Crippen molar-refractivity contribution < 1.29 is 4.79 Å². The van der Waals surface area contributed by atoms with Crippen molar-refractivity contribution in [3.8, 4) is 0 Å². The van der Waals surface area contributed by atoms with E-state index in [1.165, 1.54) is 16.7 Å². The smallest absolute Gasteiger partial charge is 0.255 e. The molecule has 0 spiro atoms. The fourth-order valence-electron chi connectivity index (χ4n) is 2.95. The van der Waals surface area contributed by atoms with Crippen LogP contribution in [-0.2, 0) is 19.4 Å². The topological polar surface area (TPSA) is 32.3 Å². The molecular formula is C19H21BrN2O. The molecule has 0 aliphatic carbocycles. The number of aryl methyl sites for hydroxylation is 1. The Balaban J connectivity index is 1.78. The van der Waals surface area contributed by atoms with Crippen molar-refractivity contribution in [1.82, 2.24) is 4.90 Å². The molecule has 0 fully saturated rings. The minimum absolute atomic E-state index is 0.0718. The molecule has 0 saturated heterocycles. The number of rotatable bonds is 3. The van der Waals surface area contributed by atoms with Gasteiger partial charge in [0.15, 0.2) is 0 Å². The van der Waals surface area contributed by atoms with E-state index in [1.54, 1.807) is 0 Å². The van der Waals surface area contributed by atoms with Crippen molar-refractivity contribution in [2.75, 3.05) is 18.9 Å². The van der Waals surface area contributed by atoms with Crippen LogP contribution in [0.2, 0.25) is 0 Å². The van der Waals surface area contributed by atoms with E-state index in [9.17, 15) is 4.79 Å². The first-order valence-electron chi connectivity index (χ1n) is 7.97. The lowest BCUT2D eigenvalue weighted by molar-refractivity contribution is 0.102. The molecule has 0 unspecified atom stereocenters. The summed E-state index contributed by atoms with van der Waals surface area (Å²) in [4.78, 5) is 14.8. The van der Waals surface area contributed by atoms with Crippen molar-refractivity contribution in [2.24, 2.45) is 0 Å². The first-order chi connectivity index (χ1) is 11.1. The normalized spacial score (nSPS) is 14.4. The molecule has 0 saturated carbocycles. The number of anilines is 1. The lowest BCUT2D eigenvalue weighted by Gasteiger charge is -2.25. The van der Waals surface area contributed by atoms with Gasteiger partial charge in [-0.05, 0) is 60.8 Å². The van der Waals surface area contributed by atoms with E-state index in [2.05, 4.69) is 52.3 Å². The van der Waals surface area contributed by atoms with Gasteiger partial charge in [0.25, 0.3) is 5.91 Å². The van der Waals surface area contributed by atoms with Gasteiger partial charge in [0.1, 0.15) is 0 Å². The summed E-state index contributed by atoms with van der Waals surface area (Å²) in [6.45, 7) is 4.14. The summed E-state index contributed by atoms with van der Waals surface area (Å²) in [7, 11) is 2.13. The lowest BCUT2D eigenvalue weighted by Crippen LogP contribution is -2.26. The summed E-state index contributed by atoms with van der Waals surface area (Å²) in [5.74, 6) is -0.0718. The van der Waals surface area contributed by atoms with Crippen LogP contribution in [0.4, 0.5) is 5.69 Å². The molecule has 1 aliphatic rings. The molecule has 2 aromatic carbocycles. The van der Waals surface area contributed by atoms with Crippen LogP contribution in [-0.4, -0.2) is 24.4 Å². The zero-order chi connectivity index (χ0) is 16.4. The van der Waals surface area contributed by atoms with Gasteiger partial charge in [-0.25, -0.2) is 0 Å². The first kappa shape index (κ1) is 16.2. The summed E-state index contributed by atoms with van der Waals surface area (Å²) in [6, 6.07) is 12.0. The summed E-state index contributed by atoms with van der Waals surface area (Å²) >= 11 is 3.53. The highest BCUT2D eigenvalue weighted by Crippen LogP contribution is 2.23. The highest BCUT2D eigenvalue weighted by molar-refractivity contribution is 9.10. The quantitative estimate of drug-likeness (QED) is 0.872. The number of carbonyl (C=O) groups excluding carboxylic acids is 1. The number of benzene rings is 2. The Hall–Kier alpha value is -1.65. The van der Waals surface area contributed by atoms with Crippen LogP contribution in [0.1, 0.15) is 34.0 Å². The predicted molar refractivity (Wildman–Crippen MR) is 98.0 cm³/mol. The van der Waals surface area contributed by atoms with Gasteiger partial charge in [-0.3, -0.25) is 4.79 Å². The third-order valence-corrected chi connectivity index (χ3v) is 5.10. The van der Waals surface area contributed by atoms with Gasteiger partial charge in [-0.1, -0.05) is 35.0 Å². The lowest BCUT2D eigenvalue weighted by atomic mass is 9.99. The maximum absolute atomic E-state index is 12.5. The molecule has 4 heteroatoms. The summed E-state index contributed by atoms with van der Waals surface area (Å²) in [5, 5.41) is 3.01. The Kier molecular flexibility index (Phi) is 4.83. The van der Waals surface area contributed by atoms with Gasteiger partial charge in [0.05, 0.1) is 0 Å². The molecule has 1 N–H and O–H groups in total. The summed E-state index contributed by atoms with van der Waals surface area (Å²) in [6.07, 6.45) is 2.02. The molecule has 0 bridgehead atoms. The number of halogens is 1. The molecule has 0 radical (unpaired) electrons. The SMILES string of the molecule is CCc1ccc(C(=O)Nc2ccc3c(c2)CN(C)CC3)cc1Br. The Morgan fingerprint density at radius 2 is 2.04 bits per heavy atom. The Bertz CT molecular complexity index is 742. The van der Waals surface area contributed by atoms with Gasteiger partial charge in [0.2, 0.25) is 0 Å². The fourth-order valence-corrected chi connectivity index (χ4v) is 3.61. The molecule has 120 valence electrons. The largest absolute Gasteiger partial charge is 0.322 e. The Morgan fingerprint density at radius 1 is 1.22 bits per heavy atom. The van der Waals surface area contributed by atoms with E-state index in [0.29, 0.717) is 5.56 Å². The maximum atomic E-state index is 12.5. The van der Waals surface area contributed by atoms with Gasteiger partial charge in [-0.2, -0.15) is 0 Å². The highest BCUT2D eigenvalue weighted by Gasteiger charge is 2.14. The minimum atomic E-state index is -0.0718. The van der Waals surface area contributed by atoms with Crippen molar-refractivity contribution >= 4 is 27.5 Å². The molecule has 0 aromatic heterocycles. The number of nitrogens with zero attached hydrogens (tertiary/aromatic N) is 1. The van der Waals surface area contributed by atoms with Gasteiger partial charge >= 0.3 is 0 Å². The van der Waals surface area contributed by atoms with Crippen LogP contribution in [0, 0.1) is 0 Å². The number of carbonyl (C=O) groups is 1. The number of likely N-dealkylation sites (N-methyl/N-ethyl adjacent to an activating group) is 1. The van der Waals surface area contributed by atoms with Crippen LogP contribution in [0.15, 0.2) is 40.9 Å². The van der Waals surface area contributed by atoms with Crippen molar-refractivity contribution in [3.05, 3.63) is 63.1 Å². The molecule has 3 rings (SSSR count). The molecule has 1 aliphatic heterocycles. The molecule has 1 amide bonds. The van der Waals surface area contributed by atoms with Crippen molar-refractivity contribution in [2.45, 2.75) is 26.3 Å². The highest BCUT2D eigenvalue weighted by atomic mass is 79.9. The summed E-state index contributed by atoms with van der Waals surface area (Å²) in [5.41, 5.74) is 5.43. The average molecular weight is 373 g/mol. The van der Waals surface area contributed by atoms with Crippen LogP contribution in [0.25, 0.3) is 0 Å². The van der Waals surface area contributed by atoms with Gasteiger partial charge < -0.3 is 10.2 Å². The summed E-state index contributed by atoms with van der Waals surface area (Å²) < 4.78 is 0.986. The van der Waals surface area contributed by atoms with Crippen molar-refractivity contribution in [1.29, 1.82) is 0 Å². The fraction of sp³-hybridized carbons (Fsp3) is 0.316. The molecule has 2 aromatic rings. The van der Waals surface area contributed by atoms with E-state index in [1.807, 2.05) is 24.3 Å². The monoisotopic (exact) mass is 372 g/mol. The second kappa shape index (κ2) is 6.85. The van der Waals surface area contributed by atoms with Crippen LogP contribution < -0.4 is 5.32 Å². The third kappa shape index (κ3) is 3.65. The molecule has 1 heterocycles. The molecule has 23 heavy (non-hydrogen) atoms. The van der Waals surface area contributed by atoms with E-state index in [0.717, 1.165) is 36.1 Å². The number of hydrogen-bond acceptors (Lipinski definition) is 2. The predicted octanol–water partition coefficient (Wildman–Crippen LogP) is 4.25. The standard InChI is InChI=1S/C19H21BrN2O/c1-3-13-4-5-15(11-18(13)20)19(23)21-17-7-6-14-8-9-22(2)12-16(14)10-17/h4-7,10-11H,3,8-9,12H2,1-2H3,(H,21,23). The Labute approximate surface area is 145 Å². The van der Waals surface area contributed by atoms with Gasteiger partial charge in [-0.15, -0.1) is 0 Å². The van der Waals surface area contributed by atoms with Crippen LogP contribution in [0.5, 0.6) is 0 Å². The number of fused-ring (bicyclic) bond motifs is 1. The zero-order valence-electron chi connectivity index (χ0n) is 13.5. The van der Waals surface area contributed by atoms with E-state index in [4.69, 9.17) is 0 Å². The van der Waals surface area contributed by atoms with E-state index >= 15 is 0 Å². The Morgan fingerprint density at radius 3 is 2.78 bits per heavy atom. The van der Waals surface area contributed by atoms with Crippen molar-refractivity contribution in [3.63, 3.8) is 0 Å². The molecule has 3 nitrogen and oxygen atoms in total. The van der Waals surface area contributed by atoms with E-state index in [-0.39, 0.29) is 5.91 Å². The second-order valence-electron chi connectivity index (χ2n) is 6.09.